The van der Waals surface area contributed by atoms with E-state index in [2.05, 4.69) is 13.8 Å². The van der Waals surface area contributed by atoms with E-state index in [4.69, 9.17) is 4.74 Å². The Kier molecular flexibility index (Phi) is 6.32. The van der Waals surface area contributed by atoms with Crippen LogP contribution in [0.5, 0.6) is 0 Å². The van der Waals surface area contributed by atoms with Crippen molar-refractivity contribution in [3.8, 4) is 0 Å². The van der Waals surface area contributed by atoms with E-state index in [0.29, 0.717) is 24.6 Å². The van der Waals surface area contributed by atoms with E-state index >= 15 is 0 Å². The quantitative estimate of drug-likeness (QED) is 0.503. The molecular weight excluding hydrogens is 398 g/mol. The molecule has 2 aromatic rings. The number of hydrogen-bond acceptors (Lipinski definition) is 6. The maximum Gasteiger partial charge on any atom is 0.350 e. The minimum atomic E-state index is -3.72. The molecule has 1 fully saturated rings. The standard InChI is InChI=1S/C20H23NO5S2/c1-14(2)15-5-7-16(8-6-15)17(22)13-26-20(23)19-18(9-12-27-19)28(24,25)21-10-3-4-11-21/h5-9,12,14H,3-4,10-11,13H2,1-2H3. The number of carbonyl (C=O) groups excluding carboxylic acids is 2. The number of hydrogen-bond donors (Lipinski definition) is 0. The van der Waals surface area contributed by atoms with Crippen LogP contribution in [0.1, 0.15) is 58.2 Å². The summed E-state index contributed by atoms with van der Waals surface area (Å²) in [6.07, 6.45) is 1.63. The van der Waals surface area contributed by atoms with Crippen molar-refractivity contribution in [2.45, 2.75) is 37.5 Å². The Bertz CT molecular complexity index is 955. The molecule has 28 heavy (non-hydrogen) atoms. The zero-order valence-corrected chi connectivity index (χ0v) is 17.5. The van der Waals surface area contributed by atoms with Crippen molar-refractivity contribution < 1.29 is 22.7 Å². The Morgan fingerprint density at radius 2 is 1.75 bits per heavy atom. The SMILES string of the molecule is CC(C)c1ccc(C(=O)COC(=O)c2sccc2S(=O)(=O)N2CCCC2)cc1. The third-order valence-corrected chi connectivity index (χ3v) is 7.70. The molecule has 0 atom stereocenters. The van der Waals surface area contributed by atoms with Crippen molar-refractivity contribution in [3.63, 3.8) is 0 Å². The fourth-order valence-electron chi connectivity index (χ4n) is 3.05. The fourth-order valence-corrected chi connectivity index (χ4v) is 5.85. The van der Waals surface area contributed by atoms with Crippen LogP contribution in [0.4, 0.5) is 0 Å². The summed E-state index contributed by atoms with van der Waals surface area (Å²) in [5.74, 6) is -0.763. The van der Waals surface area contributed by atoms with Crippen LogP contribution >= 0.6 is 11.3 Å². The molecule has 1 aliphatic rings. The number of rotatable bonds is 7. The first-order valence-corrected chi connectivity index (χ1v) is 11.5. The molecule has 8 heteroatoms. The minimum absolute atomic E-state index is 0.00913. The molecule has 1 aliphatic heterocycles. The van der Waals surface area contributed by atoms with Crippen molar-refractivity contribution in [1.29, 1.82) is 0 Å². The molecular formula is C20H23NO5S2. The Labute approximate surface area is 169 Å². The second-order valence-corrected chi connectivity index (χ2v) is 9.82. The van der Waals surface area contributed by atoms with Crippen LogP contribution in [0.2, 0.25) is 0 Å². The average Bonchev–Trinajstić information content (AvgIpc) is 3.38. The van der Waals surface area contributed by atoms with Gasteiger partial charge in [0.15, 0.2) is 12.4 Å². The first-order valence-electron chi connectivity index (χ1n) is 9.18. The number of sulfonamides is 1. The number of benzene rings is 1. The van der Waals surface area contributed by atoms with Gasteiger partial charge in [0.25, 0.3) is 0 Å². The molecule has 0 spiro atoms. The van der Waals surface area contributed by atoms with Crippen LogP contribution in [0.25, 0.3) is 0 Å². The third kappa shape index (κ3) is 4.34. The van der Waals surface area contributed by atoms with E-state index in [1.807, 2.05) is 12.1 Å². The highest BCUT2D eigenvalue weighted by molar-refractivity contribution is 7.89. The third-order valence-electron chi connectivity index (χ3n) is 4.73. The zero-order chi connectivity index (χ0) is 20.3. The first-order chi connectivity index (χ1) is 13.3. The Balaban J connectivity index is 1.67. The molecule has 0 aliphatic carbocycles. The van der Waals surface area contributed by atoms with Gasteiger partial charge in [0.2, 0.25) is 10.0 Å². The van der Waals surface area contributed by atoms with Crippen LogP contribution in [0, 0.1) is 0 Å². The lowest BCUT2D eigenvalue weighted by molar-refractivity contribution is 0.0476. The second-order valence-electron chi connectivity index (χ2n) is 7.00. The van der Waals surface area contributed by atoms with Gasteiger partial charge in [0.05, 0.1) is 0 Å². The Morgan fingerprint density at radius 3 is 2.36 bits per heavy atom. The van der Waals surface area contributed by atoms with E-state index in [0.717, 1.165) is 29.7 Å². The van der Waals surface area contributed by atoms with Gasteiger partial charge in [-0.15, -0.1) is 11.3 Å². The Hall–Kier alpha value is -2.03. The van der Waals surface area contributed by atoms with Gasteiger partial charge in [0, 0.05) is 18.7 Å². The highest BCUT2D eigenvalue weighted by atomic mass is 32.2. The van der Waals surface area contributed by atoms with Gasteiger partial charge in [-0.2, -0.15) is 4.31 Å². The summed E-state index contributed by atoms with van der Waals surface area (Å²) in [6.45, 7) is 4.61. The highest BCUT2D eigenvalue weighted by Gasteiger charge is 2.32. The zero-order valence-electron chi connectivity index (χ0n) is 15.9. The largest absolute Gasteiger partial charge is 0.453 e. The molecule has 3 rings (SSSR count). The molecule has 1 aromatic carbocycles. The van der Waals surface area contributed by atoms with Crippen LogP contribution < -0.4 is 0 Å². The van der Waals surface area contributed by atoms with E-state index in [9.17, 15) is 18.0 Å². The van der Waals surface area contributed by atoms with Crippen molar-refractivity contribution in [3.05, 3.63) is 51.7 Å². The van der Waals surface area contributed by atoms with E-state index in [1.54, 1.807) is 17.5 Å². The maximum atomic E-state index is 12.7. The smallest absolute Gasteiger partial charge is 0.350 e. The number of carbonyl (C=O) groups is 2. The topological polar surface area (TPSA) is 80.8 Å². The fraction of sp³-hybridized carbons (Fsp3) is 0.400. The maximum absolute atomic E-state index is 12.7. The van der Waals surface area contributed by atoms with Crippen LogP contribution in [0.3, 0.4) is 0 Å². The number of thiophene rings is 1. The molecule has 0 unspecified atom stereocenters. The molecule has 150 valence electrons. The summed E-state index contributed by atoms with van der Waals surface area (Å²) in [5.41, 5.74) is 1.57. The highest BCUT2D eigenvalue weighted by Crippen LogP contribution is 2.28. The number of nitrogens with zero attached hydrogens (tertiary/aromatic N) is 1. The summed E-state index contributed by atoms with van der Waals surface area (Å²) in [6, 6.07) is 8.58. The van der Waals surface area contributed by atoms with Gasteiger partial charge in [-0.3, -0.25) is 4.79 Å². The van der Waals surface area contributed by atoms with Gasteiger partial charge in [-0.1, -0.05) is 38.1 Å². The van der Waals surface area contributed by atoms with E-state index in [1.165, 1.54) is 10.4 Å². The van der Waals surface area contributed by atoms with Gasteiger partial charge in [-0.25, -0.2) is 13.2 Å². The molecule has 2 heterocycles. The van der Waals surface area contributed by atoms with E-state index in [-0.39, 0.29) is 15.6 Å². The van der Waals surface area contributed by atoms with Crippen LogP contribution in [0.15, 0.2) is 40.6 Å². The summed E-state index contributed by atoms with van der Waals surface area (Å²) < 4.78 is 32.0. The van der Waals surface area contributed by atoms with Crippen molar-refractivity contribution in [2.75, 3.05) is 19.7 Å². The van der Waals surface area contributed by atoms with Gasteiger partial charge in [-0.05, 0) is 35.8 Å². The lowest BCUT2D eigenvalue weighted by Gasteiger charge is -2.15. The summed E-state index contributed by atoms with van der Waals surface area (Å²) in [4.78, 5) is 24.7. The number of Topliss-reactive ketones (excluding diaryl/α,β-unsaturated/α-hetero) is 1. The monoisotopic (exact) mass is 421 g/mol. The summed E-state index contributed by atoms with van der Waals surface area (Å²) >= 11 is 1.00. The molecule has 1 aromatic heterocycles. The minimum Gasteiger partial charge on any atom is -0.453 e. The predicted molar refractivity (Wildman–Crippen MR) is 107 cm³/mol. The van der Waals surface area contributed by atoms with Gasteiger partial charge >= 0.3 is 5.97 Å². The van der Waals surface area contributed by atoms with Crippen LogP contribution in [-0.4, -0.2) is 44.2 Å². The Morgan fingerprint density at radius 1 is 1.11 bits per heavy atom. The van der Waals surface area contributed by atoms with Crippen molar-refractivity contribution in [1.82, 2.24) is 4.31 Å². The first kappa shape index (κ1) is 20.7. The summed E-state index contributed by atoms with van der Waals surface area (Å²) in [5, 5.41) is 1.55. The van der Waals surface area contributed by atoms with Gasteiger partial charge < -0.3 is 4.74 Å². The number of esters is 1. The molecule has 0 bridgehead atoms. The number of ether oxygens (including phenoxy) is 1. The predicted octanol–water partition coefficient (Wildman–Crippen LogP) is 3.70. The molecule has 1 saturated heterocycles. The molecule has 0 N–H and O–H groups in total. The molecule has 0 saturated carbocycles. The lowest BCUT2D eigenvalue weighted by Crippen LogP contribution is -2.29. The van der Waals surface area contributed by atoms with E-state index < -0.39 is 22.6 Å². The molecule has 6 nitrogen and oxygen atoms in total. The number of ketones is 1. The van der Waals surface area contributed by atoms with Crippen molar-refractivity contribution in [2.24, 2.45) is 0 Å². The molecule has 0 radical (unpaired) electrons. The average molecular weight is 422 g/mol. The van der Waals surface area contributed by atoms with Crippen LogP contribution in [-0.2, 0) is 14.8 Å². The molecule has 0 amide bonds. The van der Waals surface area contributed by atoms with Crippen molar-refractivity contribution >= 4 is 33.1 Å². The normalized spacial score (nSPS) is 15.1. The van der Waals surface area contributed by atoms with Gasteiger partial charge in [0.1, 0.15) is 9.77 Å². The summed E-state index contributed by atoms with van der Waals surface area (Å²) in [7, 11) is -3.72. The lowest BCUT2D eigenvalue weighted by atomic mass is 10.0. The second kappa shape index (κ2) is 8.55.